The van der Waals surface area contributed by atoms with E-state index in [1.54, 1.807) is 12.1 Å². The van der Waals surface area contributed by atoms with Crippen LogP contribution in [0.25, 0.3) is 0 Å². The van der Waals surface area contributed by atoms with Crippen LogP contribution < -0.4 is 10.6 Å². The van der Waals surface area contributed by atoms with Crippen LogP contribution >= 0.6 is 0 Å². The molecule has 6 N–H and O–H groups in total. The Bertz CT molecular complexity index is 809. The van der Waals surface area contributed by atoms with Crippen LogP contribution in [0, 0.1) is 11.3 Å². The highest BCUT2D eigenvalue weighted by molar-refractivity contribution is 6.01. The summed E-state index contributed by atoms with van der Waals surface area (Å²) >= 11 is 0. The molecule has 0 aromatic heterocycles. The van der Waals surface area contributed by atoms with E-state index in [9.17, 15) is 19.8 Å². The molecule has 30 heavy (non-hydrogen) atoms. The van der Waals surface area contributed by atoms with E-state index in [0.29, 0.717) is 31.7 Å². The van der Waals surface area contributed by atoms with Gasteiger partial charge in [0.05, 0.1) is 13.0 Å². The Morgan fingerprint density at radius 1 is 1.10 bits per heavy atom. The highest BCUT2D eigenvalue weighted by Crippen LogP contribution is 2.29. The van der Waals surface area contributed by atoms with Crippen molar-refractivity contribution >= 4 is 23.5 Å². The van der Waals surface area contributed by atoms with Crippen molar-refractivity contribution in [1.82, 2.24) is 9.80 Å². The zero-order valence-corrected chi connectivity index (χ0v) is 16.8. The molecule has 0 bridgehead atoms. The Balaban J connectivity index is 1.67. The van der Waals surface area contributed by atoms with Gasteiger partial charge in [-0.1, -0.05) is 0 Å². The van der Waals surface area contributed by atoms with Gasteiger partial charge in [-0.2, -0.15) is 0 Å². The lowest BCUT2D eigenvalue weighted by molar-refractivity contribution is -0.140. The van der Waals surface area contributed by atoms with Gasteiger partial charge in [-0.3, -0.25) is 24.8 Å². The highest BCUT2D eigenvalue weighted by atomic mass is 16.4. The molecule has 2 aliphatic rings. The molecule has 164 valence electrons. The number of carboxylic acids is 2. The maximum atomic E-state index is 11.4. The number of rotatable bonds is 7. The largest absolute Gasteiger partial charge is 0.508 e. The van der Waals surface area contributed by atoms with Crippen LogP contribution in [0.2, 0.25) is 0 Å². The van der Waals surface area contributed by atoms with E-state index >= 15 is 0 Å². The summed E-state index contributed by atoms with van der Waals surface area (Å²) in [6, 6.07) is 4.93. The lowest BCUT2D eigenvalue weighted by Gasteiger charge is -2.46. The molecule has 0 amide bonds. The van der Waals surface area contributed by atoms with Gasteiger partial charge >= 0.3 is 11.9 Å². The zero-order valence-electron chi connectivity index (χ0n) is 16.8. The summed E-state index contributed by atoms with van der Waals surface area (Å²) in [5, 5.41) is 35.9. The number of hydrogen-bond donors (Lipinski definition) is 5. The Labute approximate surface area is 175 Å². The fourth-order valence-corrected chi connectivity index (χ4v) is 4.65. The van der Waals surface area contributed by atoms with Crippen molar-refractivity contribution in [3.8, 4) is 5.75 Å². The average Bonchev–Trinajstić information content (AvgIpc) is 2.67. The lowest BCUT2D eigenvalue weighted by atomic mass is 9.87. The molecule has 2 saturated heterocycles. The monoisotopic (exact) mass is 419 g/mol. The predicted octanol–water partition coefficient (Wildman–Crippen LogP) is 0.0481. The van der Waals surface area contributed by atoms with Crippen molar-refractivity contribution in [3.05, 3.63) is 23.8 Å². The van der Waals surface area contributed by atoms with E-state index in [-0.39, 0.29) is 36.5 Å². The zero-order chi connectivity index (χ0) is 21.8. The fraction of sp³-hybridized carbons (Fsp3) is 0.550. The summed E-state index contributed by atoms with van der Waals surface area (Å²) in [5.74, 6) is -1.92. The van der Waals surface area contributed by atoms with Gasteiger partial charge in [0.15, 0.2) is 0 Å². The van der Waals surface area contributed by atoms with Gasteiger partial charge in [-0.25, -0.2) is 0 Å². The molecule has 2 fully saturated rings. The van der Waals surface area contributed by atoms with E-state index in [2.05, 4.69) is 9.80 Å². The molecule has 0 radical (unpaired) electrons. The number of phenols is 1. The van der Waals surface area contributed by atoms with Crippen molar-refractivity contribution in [2.75, 3.05) is 50.7 Å². The van der Waals surface area contributed by atoms with E-state index in [0.717, 1.165) is 25.2 Å². The van der Waals surface area contributed by atoms with Gasteiger partial charge in [0.25, 0.3) is 0 Å². The van der Waals surface area contributed by atoms with Gasteiger partial charge in [0.1, 0.15) is 11.6 Å². The Morgan fingerprint density at radius 2 is 1.80 bits per heavy atom. The van der Waals surface area contributed by atoms with Crippen LogP contribution in [-0.2, 0) is 9.59 Å². The van der Waals surface area contributed by atoms with Crippen LogP contribution in [0.15, 0.2) is 18.2 Å². The number of likely N-dealkylation sites (tertiary alicyclic amines) is 1. The fourth-order valence-electron chi connectivity index (χ4n) is 4.65. The number of nitrogens with two attached hydrogens (primary N) is 1. The number of nitrogens with one attached hydrogen (secondary N) is 1. The number of aliphatic carboxylic acids is 2. The summed E-state index contributed by atoms with van der Waals surface area (Å²) in [7, 11) is 0. The summed E-state index contributed by atoms with van der Waals surface area (Å²) in [6.07, 6.45) is 0.760. The van der Waals surface area contributed by atoms with E-state index in [1.807, 2.05) is 4.90 Å². The first-order valence-electron chi connectivity index (χ1n) is 10.1. The molecule has 2 atom stereocenters. The number of benzene rings is 1. The van der Waals surface area contributed by atoms with Crippen molar-refractivity contribution in [2.24, 2.45) is 11.7 Å². The topological polar surface area (TPSA) is 154 Å². The minimum Gasteiger partial charge on any atom is -0.508 e. The smallest absolute Gasteiger partial charge is 0.317 e. The Hall–Kier alpha value is -2.85. The molecule has 10 heteroatoms. The number of phenolic OH excluding ortho intramolecular Hbond substituents is 1. The average molecular weight is 419 g/mol. The Morgan fingerprint density at radius 3 is 2.40 bits per heavy atom. The molecule has 1 aromatic rings. The molecule has 2 heterocycles. The number of anilines is 1. The number of hydrogen-bond acceptors (Lipinski definition) is 7. The maximum absolute atomic E-state index is 11.4. The summed E-state index contributed by atoms with van der Waals surface area (Å²) in [4.78, 5) is 28.7. The second-order valence-corrected chi connectivity index (χ2v) is 7.98. The predicted molar refractivity (Wildman–Crippen MR) is 111 cm³/mol. The number of piperazine rings is 1. The number of nitrogens with zero attached hydrogens (tertiary/aromatic N) is 3. The van der Waals surface area contributed by atoms with Gasteiger partial charge in [0.2, 0.25) is 0 Å². The second kappa shape index (κ2) is 9.31. The summed E-state index contributed by atoms with van der Waals surface area (Å²) in [5.41, 5.74) is 6.98. The third-order valence-corrected chi connectivity index (χ3v) is 5.97. The maximum Gasteiger partial charge on any atom is 0.317 e. The molecule has 1 aromatic carbocycles. The number of piperidine rings is 1. The first kappa shape index (κ1) is 21.8. The number of amidine groups is 1. The van der Waals surface area contributed by atoms with Crippen molar-refractivity contribution in [3.63, 3.8) is 0 Å². The first-order chi connectivity index (χ1) is 14.2. The molecule has 0 aliphatic carbocycles. The van der Waals surface area contributed by atoms with Crippen molar-refractivity contribution in [2.45, 2.75) is 18.9 Å². The molecular weight excluding hydrogens is 390 g/mol. The number of nitrogen functional groups attached to an aromatic ring is 1. The lowest BCUT2D eigenvalue weighted by Crippen LogP contribution is -2.57. The molecule has 2 unspecified atom stereocenters. The molecule has 0 spiro atoms. The van der Waals surface area contributed by atoms with Crippen LogP contribution in [0.4, 0.5) is 5.69 Å². The number of carbonyl (C=O) groups is 2. The van der Waals surface area contributed by atoms with Gasteiger partial charge in [-0.15, -0.1) is 0 Å². The second-order valence-electron chi connectivity index (χ2n) is 7.98. The molecule has 10 nitrogen and oxygen atoms in total. The quantitative estimate of drug-likeness (QED) is 0.304. The third kappa shape index (κ3) is 5.19. The normalized spacial score (nSPS) is 23.3. The van der Waals surface area contributed by atoms with E-state index in [1.165, 1.54) is 6.07 Å². The highest BCUT2D eigenvalue weighted by Gasteiger charge is 2.36. The number of carboxylic acid groups (broad SMARTS) is 2. The molecular formula is C20H29N5O5. The van der Waals surface area contributed by atoms with Crippen LogP contribution in [0.5, 0.6) is 5.75 Å². The minimum atomic E-state index is -0.897. The molecule has 0 saturated carbocycles. The summed E-state index contributed by atoms with van der Waals surface area (Å²) in [6.45, 7) is 3.90. The molecule has 3 rings (SSSR count). The standard InChI is InChI=1S/C20H29N5O5/c21-20(22)15-10-14(26)1-2-17(15)25-7-5-24(6-8-25)16-3-4-23(12-19(29)30)11-13(16)9-18(27)28/h1-2,10,13,16,26H,3-9,11-12H2,(H3,21,22)(H,27,28)(H,29,30). The minimum absolute atomic E-state index is 0.0213. The van der Waals surface area contributed by atoms with Crippen LogP contribution in [-0.4, -0.2) is 94.7 Å². The van der Waals surface area contributed by atoms with Crippen LogP contribution in [0.3, 0.4) is 0 Å². The van der Waals surface area contributed by atoms with Crippen LogP contribution in [0.1, 0.15) is 18.4 Å². The first-order valence-corrected chi connectivity index (χ1v) is 10.1. The summed E-state index contributed by atoms with van der Waals surface area (Å²) < 4.78 is 0. The van der Waals surface area contributed by atoms with Gasteiger partial charge in [-0.05, 0) is 30.5 Å². The Kier molecular flexibility index (Phi) is 6.78. The van der Waals surface area contributed by atoms with E-state index < -0.39 is 11.9 Å². The van der Waals surface area contributed by atoms with Crippen molar-refractivity contribution in [1.29, 1.82) is 5.41 Å². The van der Waals surface area contributed by atoms with Gasteiger partial charge in [0, 0.05) is 56.6 Å². The van der Waals surface area contributed by atoms with Crippen molar-refractivity contribution < 1.29 is 24.9 Å². The van der Waals surface area contributed by atoms with Gasteiger partial charge < -0.3 is 26.0 Å². The SMILES string of the molecule is N=C(N)c1cc(O)ccc1N1CCN(C2CCN(CC(=O)O)CC2CC(=O)O)CC1. The third-order valence-electron chi connectivity index (χ3n) is 5.97. The number of aromatic hydroxyl groups is 1. The van der Waals surface area contributed by atoms with E-state index in [4.69, 9.17) is 16.2 Å². The molecule has 2 aliphatic heterocycles.